The van der Waals surface area contributed by atoms with Crippen LogP contribution < -0.4 is 0 Å². The molecule has 2 unspecified atom stereocenters. The molecule has 0 aromatic heterocycles. The van der Waals surface area contributed by atoms with E-state index in [0.717, 1.165) is 0 Å². The molecule has 0 saturated heterocycles. The van der Waals surface area contributed by atoms with Crippen LogP contribution >= 0.6 is 22.6 Å². The second kappa shape index (κ2) is 6.39. The second-order valence-electron chi connectivity index (χ2n) is 4.19. The Morgan fingerprint density at radius 3 is 2.32 bits per heavy atom. The Morgan fingerprint density at radius 2 is 1.91 bits per heavy atom. The van der Waals surface area contributed by atoms with Gasteiger partial charge in [-0.1, -0.05) is 18.2 Å². The van der Waals surface area contributed by atoms with Crippen molar-refractivity contribution in [2.24, 2.45) is 5.92 Å². The second-order valence-corrected chi connectivity index (χ2v) is 6.93. The number of ether oxygens (including phenoxy) is 1. The van der Waals surface area contributed by atoms with Gasteiger partial charge in [0.15, 0.2) is 0 Å². The molecule has 0 aromatic carbocycles. The molecule has 0 bridgehead atoms. The van der Waals surface area contributed by atoms with Crippen LogP contribution in [0.2, 0.25) is 0 Å². The normalized spacial score (nSPS) is 21.2. The van der Waals surface area contributed by atoms with Gasteiger partial charge in [0.25, 0.3) is 6.10 Å². The molecule has 12 heteroatoms. The highest BCUT2D eigenvalue weighted by atomic mass is 127. The summed E-state index contributed by atoms with van der Waals surface area (Å²) in [6.07, 6.45) is -6.15. The first-order valence-corrected chi connectivity index (χ1v) is 7.94. The predicted octanol–water partition coefficient (Wildman–Crippen LogP) is 2.84. The Labute approximate surface area is 135 Å². The molecule has 0 heterocycles. The van der Waals surface area contributed by atoms with E-state index >= 15 is 0 Å². The number of alkyl halides is 5. The van der Waals surface area contributed by atoms with Crippen molar-refractivity contribution >= 4 is 38.7 Å². The lowest BCUT2D eigenvalue weighted by Crippen LogP contribution is -2.52. The van der Waals surface area contributed by atoms with Crippen molar-refractivity contribution in [1.29, 1.82) is 0 Å². The summed E-state index contributed by atoms with van der Waals surface area (Å²) in [5, 5.41) is -5.72. The minimum Gasteiger partial charge on any atom is -0.444 e. The Balaban J connectivity index is 3.07. The average Bonchev–Trinajstić information content (AvgIpc) is 2.32. The molecule has 1 N–H and O–H groups in total. The van der Waals surface area contributed by atoms with Crippen molar-refractivity contribution in [3.8, 4) is 0 Å². The van der Waals surface area contributed by atoms with E-state index in [1.807, 2.05) is 0 Å². The summed E-state index contributed by atoms with van der Waals surface area (Å²) in [6.45, 7) is 0. The van der Waals surface area contributed by atoms with E-state index in [4.69, 9.17) is 4.55 Å². The van der Waals surface area contributed by atoms with Gasteiger partial charge >= 0.3 is 27.5 Å². The van der Waals surface area contributed by atoms with Crippen LogP contribution in [0, 0.1) is 5.92 Å². The molecule has 0 aromatic rings. The quantitative estimate of drug-likeness (QED) is 0.301. The molecule has 0 spiro atoms. The van der Waals surface area contributed by atoms with E-state index < -0.39 is 39.5 Å². The fourth-order valence-electron chi connectivity index (χ4n) is 1.47. The van der Waals surface area contributed by atoms with E-state index in [-0.39, 0.29) is 6.42 Å². The molecule has 1 rings (SSSR count). The zero-order chi connectivity index (χ0) is 17.3. The highest BCUT2D eigenvalue weighted by Crippen LogP contribution is 2.38. The zero-order valence-electron chi connectivity index (χ0n) is 10.4. The Bertz CT molecular complexity index is 610. The van der Waals surface area contributed by atoms with Crippen LogP contribution in [0.1, 0.15) is 6.42 Å². The molecule has 0 radical (unpaired) electrons. The van der Waals surface area contributed by atoms with Gasteiger partial charge in [-0.15, -0.1) is 0 Å². The fraction of sp³-hybridized carbons (Fsp3) is 0.500. The number of allylic oxidation sites excluding steroid dienone is 3. The summed E-state index contributed by atoms with van der Waals surface area (Å²) in [5.41, 5.74) is 0. The van der Waals surface area contributed by atoms with E-state index in [1.54, 1.807) is 28.7 Å². The van der Waals surface area contributed by atoms with Gasteiger partial charge in [-0.05, 0) is 29.0 Å². The number of halogens is 6. The standard InChI is InChI=1S/C10H8F5IO5S/c11-9(12,13)8(10(14,15)22(18,19)20)21-7(17)5-2-1-3-6(16)4-5/h1,3-5,8H,2H2,(H,18,19,20). The molecule has 5 nitrogen and oxygen atoms in total. The monoisotopic (exact) mass is 462 g/mol. The SMILES string of the molecule is O=C(OC(C(F)(F)F)C(F)(F)S(=O)(=O)O)C1C=C(I)C=CC1. The van der Waals surface area contributed by atoms with E-state index in [0.29, 0.717) is 3.58 Å². The first-order valence-electron chi connectivity index (χ1n) is 5.42. The molecule has 0 fully saturated rings. The molecular weight excluding hydrogens is 454 g/mol. The highest BCUT2D eigenvalue weighted by molar-refractivity contribution is 14.1. The summed E-state index contributed by atoms with van der Waals surface area (Å²) >= 11 is 1.74. The van der Waals surface area contributed by atoms with Gasteiger partial charge in [-0.2, -0.15) is 30.4 Å². The van der Waals surface area contributed by atoms with Gasteiger partial charge < -0.3 is 4.74 Å². The smallest absolute Gasteiger partial charge is 0.432 e. The lowest BCUT2D eigenvalue weighted by atomic mass is 10.0. The van der Waals surface area contributed by atoms with E-state index in [9.17, 15) is 35.2 Å². The third kappa shape index (κ3) is 4.38. The van der Waals surface area contributed by atoms with Crippen molar-refractivity contribution in [2.75, 3.05) is 0 Å². The number of carbonyl (C=O) groups is 1. The van der Waals surface area contributed by atoms with Crippen LogP contribution in [0.25, 0.3) is 0 Å². The van der Waals surface area contributed by atoms with Gasteiger partial charge in [0.2, 0.25) is 0 Å². The van der Waals surface area contributed by atoms with Crippen molar-refractivity contribution in [2.45, 2.75) is 24.0 Å². The van der Waals surface area contributed by atoms with Crippen LogP contribution in [0.3, 0.4) is 0 Å². The maximum absolute atomic E-state index is 13.2. The third-order valence-electron chi connectivity index (χ3n) is 2.51. The number of hydrogen-bond acceptors (Lipinski definition) is 4. The summed E-state index contributed by atoms with van der Waals surface area (Å²) in [5.74, 6) is -2.94. The average molecular weight is 462 g/mol. The lowest BCUT2D eigenvalue weighted by molar-refractivity contribution is -0.260. The van der Waals surface area contributed by atoms with E-state index in [2.05, 4.69) is 4.74 Å². The summed E-state index contributed by atoms with van der Waals surface area (Å²) < 4.78 is 97.5. The molecule has 1 aliphatic carbocycles. The van der Waals surface area contributed by atoms with Crippen LogP contribution in [0.4, 0.5) is 22.0 Å². The molecule has 22 heavy (non-hydrogen) atoms. The van der Waals surface area contributed by atoms with Crippen molar-refractivity contribution in [1.82, 2.24) is 0 Å². The van der Waals surface area contributed by atoms with Crippen LogP contribution in [0.5, 0.6) is 0 Å². The van der Waals surface area contributed by atoms with Crippen LogP contribution in [-0.2, 0) is 19.6 Å². The van der Waals surface area contributed by atoms with Crippen molar-refractivity contribution < 1.29 is 44.5 Å². The summed E-state index contributed by atoms with van der Waals surface area (Å²) in [7, 11) is -6.43. The Hall–Kier alpha value is -0.760. The van der Waals surface area contributed by atoms with Crippen LogP contribution in [0.15, 0.2) is 21.8 Å². The zero-order valence-corrected chi connectivity index (χ0v) is 13.3. The topological polar surface area (TPSA) is 80.7 Å². The summed E-state index contributed by atoms with van der Waals surface area (Å²) in [6, 6.07) is 0. The first kappa shape index (κ1) is 19.3. The Kier molecular flexibility index (Phi) is 5.60. The van der Waals surface area contributed by atoms with E-state index in [1.165, 1.54) is 12.2 Å². The minimum atomic E-state index is -6.43. The minimum absolute atomic E-state index is 0.0899. The molecule has 1 aliphatic rings. The molecule has 2 atom stereocenters. The van der Waals surface area contributed by atoms with Gasteiger partial charge in [0, 0.05) is 3.58 Å². The molecule has 0 amide bonds. The number of carbonyl (C=O) groups excluding carboxylic acids is 1. The number of hydrogen-bond donors (Lipinski definition) is 1. The Morgan fingerprint density at radius 1 is 1.36 bits per heavy atom. The highest BCUT2D eigenvalue weighted by Gasteiger charge is 2.66. The molecule has 0 saturated carbocycles. The van der Waals surface area contributed by atoms with Gasteiger partial charge in [0.05, 0.1) is 5.92 Å². The maximum Gasteiger partial charge on any atom is 0.432 e. The van der Waals surface area contributed by atoms with Gasteiger partial charge in [0.1, 0.15) is 0 Å². The predicted molar refractivity (Wildman–Crippen MR) is 71.8 cm³/mol. The maximum atomic E-state index is 13.2. The number of esters is 1. The van der Waals surface area contributed by atoms with Gasteiger partial charge in [-0.3, -0.25) is 9.35 Å². The van der Waals surface area contributed by atoms with Crippen LogP contribution in [-0.4, -0.2) is 36.5 Å². The van der Waals surface area contributed by atoms with Crippen molar-refractivity contribution in [3.63, 3.8) is 0 Å². The summed E-state index contributed by atoms with van der Waals surface area (Å²) in [4.78, 5) is 11.6. The molecule has 0 aliphatic heterocycles. The number of rotatable bonds is 4. The van der Waals surface area contributed by atoms with Crippen molar-refractivity contribution in [3.05, 3.63) is 21.8 Å². The molecular formula is C10H8F5IO5S. The first-order chi connectivity index (χ1) is 9.76. The fourth-order valence-corrected chi connectivity index (χ4v) is 2.61. The largest absolute Gasteiger partial charge is 0.444 e. The van der Waals surface area contributed by atoms with Gasteiger partial charge in [-0.25, -0.2) is 0 Å². The third-order valence-corrected chi connectivity index (χ3v) is 4.13. The lowest BCUT2D eigenvalue weighted by Gasteiger charge is -2.27. The molecule has 126 valence electrons.